The zero-order chi connectivity index (χ0) is 15.6. The number of likely N-dealkylation sites (N-methyl/N-ethyl adjacent to an activating group) is 1. The minimum atomic E-state index is -0.931. The first-order valence-electron chi connectivity index (χ1n) is 7.46. The third-order valence-electron chi connectivity index (χ3n) is 2.94. The lowest BCUT2D eigenvalue weighted by Crippen LogP contribution is -2.43. The van der Waals surface area contributed by atoms with Gasteiger partial charge in [0.1, 0.15) is 6.54 Å². The highest BCUT2D eigenvalue weighted by molar-refractivity contribution is 5.85. The Labute approximate surface area is 134 Å². The molecule has 0 rings (SSSR count). The van der Waals surface area contributed by atoms with Crippen molar-refractivity contribution >= 4 is 24.3 Å². The molecule has 6 heteroatoms. The lowest BCUT2D eigenvalue weighted by molar-refractivity contribution is -0.873. The number of rotatable bonds is 11. The van der Waals surface area contributed by atoms with Crippen molar-refractivity contribution in [3.05, 3.63) is 0 Å². The van der Waals surface area contributed by atoms with E-state index in [9.17, 15) is 9.59 Å². The molecule has 0 aliphatic heterocycles. The number of unbranched alkanes of at least 4 members (excludes halogenated alkanes) is 4. The Kier molecular flexibility index (Phi) is 12.6. The Morgan fingerprint density at radius 2 is 1.67 bits per heavy atom. The Hall–Kier alpha value is -0.810. The monoisotopic (exact) mass is 324 g/mol. The Balaban J connectivity index is 0. The van der Waals surface area contributed by atoms with E-state index < -0.39 is 12.1 Å². The molecule has 0 unspecified atom stereocenters. The van der Waals surface area contributed by atoms with Crippen LogP contribution in [0.1, 0.15) is 51.9 Å². The second-order valence-corrected chi connectivity index (χ2v) is 6.35. The first kappa shape index (κ1) is 22.5. The molecule has 0 fully saturated rings. The highest BCUT2D eigenvalue weighted by Gasteiger charge is 2.24. The van der Waals surface area contributed by atoms with E-state index in [1.54, 1.807) is 0 Å². The normalized spacial score (nSPS) is 12.4. The Morgan fingerprint density at radius 1 is 1.10 bits per heavy atom. The molecule has 0 spiro atoms. The van der Waals surface area contributed by atoms with Gasteiger partial charge in [0.25, 0.3) is 0 Å². The van der Waals surface area contributed by atoms with Gasteiger partial charge in [-0.05, 0) is 6.42 Å². The second kappa shape index (κ2) is 11.8. The van der Waals surface area contributed by atoms with Gasteiger partial charge in [0.2, 0.25) is 0 Å². The number of esters is 1. The first-order chi connectivity index (χ1) is 9.24. The maximum atomic E-state index is 11.7. The summed E-state index contributed by atoms with van der Waals surface area (Å²) in [7, 11) is 5.86. The summed E-state index contributed by atoms with van der Waals surface area (Å²) in [4.78, 5) is 22.5. The van der Waals surface area contributed by atoms with Gasteiger partial charge in [-0.3, -0.25) is 9.59 Å². The summed E-state index contributed by atoms with van der Waals surface area (Å²) in [5.41, 5.74) is 0. The summed E-state index contributed by atoms with van der Waals surface area (Å²) in [5, 5.41) is 8.87. The van der Waals surface area contributed by atoms with Crippen LogP contribution >= 0.6 is 12.4 Å². The molecule has 0 bridgehead atoms. The summed E-state index contributed by atoms with van der Waals surface area (Å²) in [6.07, 6.45) is 5.07. The van der Waals surface area contributed by atoms with Crippen molar-refractivity contribution in [2.75, 3.05) is 27.7 Å². The minimum Gasteiger partial charge on any atom is -0.481 e. The van der Waals surface area contributed by atoms with E-state index in [-0.39, 0.29) is 24.8 Å². The van der Waals surface area contributed by atoms with Gasteiger partial charge in [-0.2, -0.15) is 0 Å². The third-order valence-corrected chi connectivity index (χ3v) is 2.94. The molecule has 0 heterocycles. The van der Waals surface area contributed by atoms with Crippen molar-refractivity contribution in [2.24, 2.45) is 0 Å². The van der Waals surface area contributed by atoms with Gasteiger partial charge in [0, 0.05) is 6.42 Å². The van der Waals surface area contributed by atoms with Crippen LogP contribution < -0.4 is 0 Å². The number of quaternary nitrogens is 1. The third kappa shape index (κ3) is 15.4. The first-order valence-corrected chi connectivity index (χ1v) is 7.46. The van der Waals surface area contributed by atoms with Crippen LogP contribution in [0.3, 0.4) is 0 Å². The van der Waals surface area contributed by atoms with Crippen LogP contribution in [0.25, 0.3) is 0 Å². The van der Waals surface area contributed by atoms with Gasteiger partial charge < -0.3 is 14.3 Å². The van der Waals surface area contributed by atoms with Gasteiger partial charge in [-0.25, -0.2) is 0 Å². The maximum Gasteiger partial charge on any atom is 0.307 e. The van der Waals surface area contributed by atoms with Crippen LogP contribution in [0.4, 0.5) is 0 Å². The van der Waals surface area contributed by atoms with Gasteiger partial charge >= 0.3 is 11.9 Å². The number of ether oxygens (including phenoxy) is 1. The molecule has 126 valence electrons. The van der Waals surface area contributed by atoms with E-state index in [0.717, 1.165) is 19.3 Å². The Bertz CT molecular complexity index is 303. The van der Waals surface area contributed by atoms with E-state index in [1.165, 1.54) is 12.8 Å². The fraction of sp³-hybridized carbons (Fsp3) is 0.867. The van der Waals surface area contributed by atoms with Crippen LogP contribution in [0.2, 0.25) is 0 Å². The van der Waals surface area contributed by atoms with Crippen molar-refractivity contribution in [1.29, 1.82) is 0 Å². The molecule has 0 radical (unpaired) electrons. The molecule has 0 aromatic rings. The topological polar surface area (TPSA) is 63.6 Å². The van der Waals surface area contributed by atoms with Gasteiger partial charge in [0.05, 0.1) is 27.6 Å². The fourth-order valence-corrected chi connectivity index (χ4v) is 2.07. The average molecular weight is 325 g/mol. The zero-order valence-electron chi connectivity index (χ0n) is 13.8. The number of nitrogens with zero attached hydrogens (tertiary/aromatic N) is 1. The number of carbonyl (C=O) groups is 2. The molecule has 1 N–H and O–H groups in total. The van der Waals surface area contributed by atoms with Crippen LogP contribution in [0, 0.1) is 0 Å². The fourth-order valence-electron chi connectivity index (χ4n) is 2.07. The molecule has 5 nitrogen and oxygen atoms in total. The van der Waals surface area contributed by atoms with Gasteiger partial charge in [-0.1, -0.05) is 32.6 Å². The number of carbonyl (C=O) groups excluding carboxylic acids is 1. The predicted octanol–water partition coefficient (Wildman–Crippen LogP) is 2.86. The molecule has 0 aromatic carbocycles. The molecular formula is C15H31ClNO4+. The second-order valence-electron chi connectivity index (χ2n) is 6.35. The largest absolute Gasteiger partial charge is 0.481 e. The van der Waals surface area contributed by atoms with Crippen molar-refractivity contribution in [1.82, 2.24) is 0 Å². The van der Waals surface area contributed by atoms with Crippen molar-refractivity contribution in [3.63, 3.8) is 0 Å². The molecular weight excluding hydrogens is 294 g/mol. The molecule has 21 heavy (non-hydrogen) atoms. The number of hydrogen-bond acceptors (Lipinski definition) is 3. The van der Waals surface area contributed by atoms with E-state index in [4.69, 9.17) is 9.84 Å². The van der Waals surface area contributed by atoms with E-state index in [0.29, 0.717) is 17.4 Å². The van der Waals surface area contributed by atoms with Crippen LogP contribution in [0.5, 0.6) is 0 Å². The number of carboxylic acids is 1. The summed E-state index contributed by atoms with van der Waals surface area (Å²) in [5.74, 6) is -1.21. The summed E-state index contributed by atoms with van der Waals surface area (Å²) < 4.78 is 5.88. The smallest absolute Gasteiger partial charge is 0.307 e. The lowest BCUT2D eigenvalue weighted by atomic mass is 10.1. The molecule has 0 saturated carbocycles. The number of hydrogen-bond donors (Lipinski definition) is 1. The summed E-state index contributed by atoms with van der Waals surface area (Å²) >= 11 is 0. The van der Waals surface area contributed by atoms with E-state index in [1.807, 2.05) is 21.1 Å². The SMILES string of the molecule is CCCCCCCC(=O)O[C@H](CC(=O)O)C[N+](C)(C)C.Cl. The molecule has 1 atom stereocenters. The van der Waals surface area contributed by atoms with E-state index >= 15 is 0 Å². The minimum absolute atomic E-state index is 0. The van der Waals surface area contributed by atoms with Crippen LogP contribution in [-0.4, -0.2) is 55.3 Å². The Morgan fingerprint density at radius 3 is 2.14 bits per heavy atom. The van der Waals surface area contributed by atoms with E-state index in [2.05, 4.69) is 6.92 Å². The number of aliphatic carboxylic acids is 1. The molecule has 0 aliphatic rings. The van der Waals surface area contributed by atoms with Gasteiger partial charge in [0.15, 0.2) is 6.10 Å². The lowest BCUT2D eigenvalue weighted by Gasteiger charge is -2.28. The van der Waals surface area contributed by atoms with Gasteiger partial charge in [-0.15, -0.1) is 12.4 Å². The molecule has 0 aliphatic carbocycles. The predicted molar refractivity (Wildman–Crippen MR) is 85.7 cm³/mol. The summed E-state index contributed by atoms with van der Waals surface area (Å²) in [6.45, 7) is 2.66. The number of carboxylic acid groups (broad SMARTS) is 1. The molecule has 0 amide bonds. The highest BCUT2D eigenvalue weighted by atomic mass is 35.5. The highest BCUT2D eigenvalue weighted by Crippen LogP contribution is 2.10. The van der Waals surface area contributed by atoms with Crippen molar-refractivity contribution in [2.45, 2.75) is 58.0 Å². The average Bonchev–Trinajstić information content (AvgIpc) is 2.25. The summed E-state index contributed by atoms with van der Waals surface area (Å²) in [6, 6.07) is 0. The molecule has 0 saturated heterocycles. The van der Waals surface area contributed by atoms with Crippen molar-refractivity contribution in [3.8, 4) is 0 Å². The number of halogens is 1. The van der Waals surface area contributed by atoms with Crippen LogP contribution in [0.15, 0.2) is 0 Å². The van der Waals surface area contributed by atoms with Crippen molar-refractivity contribution < 1.29 is 23.9 Å². The maximum absolute atomic E-state index is 11.7. The zero-order valence-corrected chi connectivity index (χ0v) is 14.6. The van der Waals surface area contributed by atoms with Crippen LogP contribution in [-0.2, 0) is 14.3 Å². The quantitative estimate of drug-likeness (QED) is 0.360. The molecule has 0 aromatic heterocycles. The standard InChI is InChI=1S/C15H29NO4.ClH/c1-5-6-7-8-9-10-15(19)20-13(11-14(17)18)12-16(2,3)4;/h13H,5-12H2,1-4H3;1H/p+1/t13-;/m1./s1.